The molecule has 0 spiro atoms. The van der Waals surface area contributed by atoms with E-state index in [1.165, 1.54) is 12.1 Å². The maximum atomic E-state index is 12.4. The number of aryl methyl sites for hydroxylation is 1. The summed E-state index contributed by atoms with van der Waals surface area (Å²) >= 11 is 0. The predicted octanol–water partition coefficient (Wildman–Crippen LogP) is 0.877. The number of carbonyl (C=O) groups is 2. The molecule has 0 aromatic heterocycles. The monoisotopic (exact) mass is 315 g/mol. The van der Waals surface area contributed by atoms with Gasteiger partial charge in [0.15, 0.2) is 0 Å². The van der Waals surface area contributed by atoms with Crippen molar-refractivity contribution < 1.29 is 27.9 Å². The zero-order valence-electron chi connectivity index (χ0n) is 12.0. The number of nitrogens with zero attached hydrogens (tertiary/aromatic N) is 1. The number of likely N-dealkylation sites (N-methyl/N-ethyl adjacent to an activating group) is 1. The van der Waals surface area contributed by atoms with Crippen LogP contribution in [0.1, 0.15) is 22.8 Å². The Labute approximate surface area is 123 Å². The van der Waals surface area contributed by atoms with Gasteiger partial charge in [-0.05, 0) is 24.6 Å². The number of methoxy groups -OCH3 is 1. The maximum Gasteiger partial charge on any atom is 0.335 e. The lowest BCUT2D eigenvalue weighted by Gasteiger charge is -2.19. The number of rotatable bonds is 6. The Kier molecular flexibility index (Phi) is 5.45. The van der Waals surface area contributed by atoms with Crippen LogP contribution in [0.2, 0.25) is 0 Å². The third kappa shape index (κ3) is 3.79. The fraction of sp³-hybridized carbons (Fsp3) is 0.385. The van der Waals surface area contributed by atoms with E-state index in [1.54, 1.807) is 13.8 Å². The van der Waals surface area contributed by atoms with Crippen molar-refractivity contribution in [3.8, 4) is 0 Å². The zero-order valence-corrected chi connectivity index (χ0v) is 12.8. The van der Waals surface area contributed by atoms with E-state index >= 15 is 0 Å². The average molecular weight is 315 g/mol. The van der Waals surface area contributed by atoms with Gasteiger partial charge in [-0.15, -0.1) is 0 Å². The van der Waals surface area contributed by atoms with Gasteiger partial charge in [-0.2, -0.15) is 4.31 Å². The number of carboxylic acids is 1. The number of carboxylic acid groups (broad SMARTS) is 1. The SMILES string of the molecule is CCN(CC(=O)OC)S(=O)(=O)c1ccc(C)c(C(=O)O)c1. The number of carbonyl (C=O) groups excluding carboxylic acids is 1. The van der Waals surface area contributed by atoms with Crippen molar-refractivity contribution in [1.29, 1.82) is 0 Å². The molecular formula is C13H17NO6S. The van der Waals surface area contributed by atoms with Gasteiger partial charge in [-0.1, -0.05) is 13.0 Å². The van der Waals surface area contributed by atoms with E-state index < -0.39 is 28.5 Å². The first-order chi connectivity index (χ1) is 9.73. The Bertz CT molecular complexity index is 653. The molecule has 1 aromatic rings. The molecule has 0 unspecified atom stereocenters. The second-order valence-corrected chi connectivity index (χ2v) is 6.23. The van der Waals surface area contributed by atoms with E-state index in [4.69, 9.17) is 5.11 Å². The van der Waals surface area contributed by atoms with Gasteiger partial charge >= 0.3 is 11.9 Å². The fourth-order valence-electron chi connectivity index (χ4n) is 1.72. The summed E-state index contributed by atoms with van der Waals surface area (Å²) in [6.45, 7) is 2.79. The van der Waals surface area contributed by atoms with Crippen LogP contribution in [0.4, 0.5) is 0 Å². The van der Waals surface area contributed by atoms with E-state index in [0.29, 0.717) is 5.56 Å². The standard InChI is InChI=1S/C13H17NO6S/c1-4-14(8-12(15)20-3)21(18,19)10-6-5-9(2)11(7-10)13(16)17/h5-7H,4,8H2,1-3H3,(H,16,17). The highest BCUT2D eigenvalue weighted by Crippen LogP contribution is 2.19. The first kappa shape index (κ1) is 17.1. The maximum absolute atomic E-state index is 12.4. The van der Waals surface area contributed by atoms with E-state index in [9.17, 15) is 18.0 Å². The molecule has 21 heavy (non-hydrogen) atoms. The lowest BCUT2D eigenvalue weighted by atomic mass is 10.1. The Morgan fingerprint density at radius 2 is 1.95 bits per heavy atom. The van der Waals surface area contributed by atoms with Crippen LogP contribution >= 0.6 is 0 Å². The Hall–Kier alpha value is -1.93. The lowest BCUT2D eigenvalue weighted by molar-refractivity contribution is -0.140. The summed E-state index contributed by atoms with van der Waals surface area (Å²) in [5, 5.41) is 9.05. The Morgan fingerprint density at radius 3 is 2.43 bits per heavy atom. The summed E-state index contributed by atoms with van der Waals surface area (Å²) in [7, 11) is -2.80. The molecule has 1 rings (SSSR count). The summed E-state index contributed by atoms with van der Waals surface area (Å²) in [6.07, 6.45) is 0. The first-order valence-corrected chi connectivity index (χ1v) is 7.59. The topological polar surface area (TPSA) is 101 Å². The molecule has 1 aromatic carbocycles. The molecule has 0 atom stereocenters. The van der Waals surface area contributed by atoms with Crippen LogP contribution in [-0.4, -0.2) is 50.0 Å². The van der Waals surface area contributed by atoms with Crippen LogP contribution < -0.4 is 0 Å². The molecule has 0 fully saturated rings. The van der Waals surface area contributed by atoms with Gasteiger partial charge in [0.2, 0.25) is 10.0 Å². The van der Waals surface area contributed by atoms with E-state index in [0.717, 1.165) is 17.5 Å². The smallest absolute Gasteiger partial charge is 0.335 e. The molecule has 0 saturated carbocycles. The third-order valence-electron chi connectivity index (χ3n) is 2.96. The predicted molar refractivity (Wildman–Crippen MR) is 74.6 cm³/mol. The molecule has 7 nitrogen and oxygen atoms in total. The number of benzene rings is 1. The van der Waals surface area contributed by atoms with E-state index in [2.05, 4.69) is 4.74 Å². The molecule has 1 N–H and O–H groups in total. The zero-order chi connectivity index (χ0) is 16.2. The van der Waals surface area contributed by atoms with Crippen molar-refractivity contribution in [3.05, 3.63) is 29.3 Å². The Balaban J connectivity index is 3.26. The van der Waals surface area contributed by atoms with E-state index in [-0.39, 0.29) is 17.0 Å². The van der Waals surface area contributed by atoms with Gasteiger partial charge < -0.3 is 9.84 Å². The highest BCUT2D eigenvalue weighted by atomic mass is 32.2. The largest absolute Gasteiger partial charge is 0.478 e. The summed E-state index contributed by atoms with van der Waals surface area (Å²) in [5.74, 6) is -1.90. The van der Waals surface area contributed by atoms with Gasteiger partial charge in [0.05, 0.1) is 17.6 Å². The van der Waals surface area contributed by atoms with Gasteiger partial charge in [0, 0.05) is 6.54 Å². The summed E-state index contributed by atoms with van der Waals surface area (Å²) in [5.41, 5.74) is 0.364. The van der Waals surface area contributed by atoms with Crippen molar-refractivity contribution in [2.24, 2.45) is 0 Å². The molecule has 0 aliphatic rings. The van der Waals surface area contributed by atoms with Crippen molar-refractivity contribution in [3.63, 3.8) is 0 Å². The highest BCUT2D eigenvalue weighted by Gasteiger charge is 2.26. The molecule has 0 amide bonds. The lowest BCUT2D eigenvalue weighted by Crippen LogP contribution is -2.36. The van der Waals surface area contributed by atoms with Gasteiger partial charge in [0.1, 0.15) is 6.54 Å². The number of aromatic carboxylic acids is 1. The molecule has 0 radical (unpaired) electrons. The van der Waals surface area contributed by atoms with E-state index in [1.807, 2.05) is 0 Å². The van der Waals surface area contributed by atoms with Crippen LogP contribution in [0.25, 0.3) is 0 Å². The first-order valence-electron chi connectivity index (χ1n) is 6.15. The number of hydrogen-bond acceptors (Lipinski definition) is 5. The summed E-state index contributed by atoms with van der Waals surface area (Å²) in [6, 6.07) is 3.83. The van der Waals surface area contributed by atoms with Crippen molar-refractivity contribution in [1.82, 2.24) is 4.31 Å². The summed E-state index contributed by atoms with van der Waals surface area (Å²) < 4.78 is 30.2. The van der Waals surface area contributed by atoms with Gasteiger partial charge in [0.25, 0.3) is 0 Å². The highest BCUT2D eigenvalue weighted by molar-refractivity contribution is 7.89. The van der Waals surface area contributed by atoms with Crippen LogP contribution in [0.15, 0.2) is 23.1 Å². The molecular weight excluding hydrogens is 298 g/mol. The van der Waals surface area contributed by atoms with Crippen LogP contribution in [0.5, 0.6) is 0 Å². The van der Waals surface area contributed by atoms with Crippen molar-refractivity contribution in [2.45, 2.75) is 18.7 Å². The minimum atomic E-state index is -3.96. The minimum Gasteiger partial charge on any atom is -0.478 e. The second kappa shape index (κ2) is 6.68. The molecule has 8 heteroatoms. The number of sulfonamides is 1. The number of hydrogen-bond donors (Lipinski definition) is 1. The average Bonchev–Trinajstić information content (AvgIpc) is 2.43. The quantitative estimate of drug-likeness (QED) is 0.782. The molecule has 0 bridgehead atoms. The van der Waals surface area contributed by atoms with Crippen LogP contribution in [0, 0.1) is 6.92 Å². The van der Waals surface area contributed by atoms with Gasteiger partial charge in [-0.3, -0.25) is 4.79 Å². The Morgan fingerprint density at radius 1 is 1.33 bits per heavy atom. The third-order valence-corrected chi connectivity index (χ3v) is 4.88. The molecule has 0 aliphatic carbocycles. The fourth-order valence-corrected chi connectivity index (χ4v) is 3.14. The number of esters is 1. The minimum absolute atomic E-state index is 0.0632. The summed E-state index contributed by atoms with van der Waals surface area (Å²) in [4.78, 5) is 22.2. The molecule has 0 heterocycles. The second-order valence-electron chi connectivity index (χ2n) is 4.29. The number of ether oxygens (including phenoxy) is 1. The van der Waals surface area contributed by atoms with Crippen LogP contribution in [0.3, 0.4) is 0 Å². The van der Waals surface area contributed by atoms with Crippen molar-refractivity contribution in [2.75, 3.05) is 20.2 Å². The molecule has 0 aliphatic heterocycles. The van der Waals surface area contributed by atoms with Crippen molar-refractivity contribution >= 4 is 22.0 Å². The molecule has 116 valence electrons. The molecule has 0 saturated heterocycles. The van der Waals surface area contributed by atoms with Gasteiger partial charge in [-0.25, -0.2) is 13.2 Å². The normalized spacial score (nSPS) is 11.4. The van der Waals surface area contributed by atoms with Crippen LogP contribution in [-0.2, 0) is 19.6 Å².